The van der Waals surface area contributed by atoms with Crippen LogP contribution in [0.2, 0.25) is 0 Å². The number of rotatable bonds is 14. The van der Waals surface area contributed by atoms with E-state index in [4.69, 9.17) is 10.5 Å². The topological polar surface area (TPSA) is 184 Å². The third kappa shape index (κ3) is 7.59. The van der Waals surface area contributed by atoms with Crippen molar-refractivity contribution in [1.82, 2.24) is 21.3 Å². The van der Waals surface area contributed by atoms with Crippen LogP contribution in [0.25, 0.3) is 11.1 Å². The number of anilines is 1. The van der Waals surface area contributed by atoms with Gasteiger partial charge in [0, 0.05) is 31.2 Å². The highest BCUT2D eigenvalue weighted by molar-refractivity contribution is 6.03. The Hall–Kier alpha value is -4.94. The van der Waals surface area contributed by atoms with Crippen molar-refractivity contribution in [1.29, 1.82) is 0 Å². The molecular formula is C33H38N6O6. The number of urea groups is 1. The van der Waals surface area contributed by atoms with Gasteiger partial charge in [-0.3, -0.25) is 9.59 Å². The number of ether oxygens (including phenoxy) is 1. The molecule has 5 amide bonds. The van der Waals surface area contributed by atoms with E-state index >= 15 is 0 Å². The second-order valence-corrected chi connectivity index (χ2v) is 11.2. The van der Waals surface area contributed by atoms with E-state index in [9.17, 15) is 24.3 Å². The summed E-state index contributed by atoms with van der Waals surface area (Å²) in [7, 11) is 0. The summed E-state index contributed by atoms with van der Waals surface area (Å²) in [6.45, 7) is 0.842. The second-order valence-electron chi connectivity index (χ2n) is 11.2. The van der Waals surface area contributed by atoms with Gasteiger partial charge in [0.15, 0.2) is 0 Å². The summed E-state index contributed by atoms with van der Waals surface area (Å²) >= 11 is 0. The van der Waals surface area contributed by atoms with Crippen molar-refractivity contribution in [3.8, 4) is 11.1 Å². The Kier molecular flexibility index (Phi) is 9.95. The van der Waals surface area contributed by atoms with E-state index < -0.39 is 17.7 Å². The molecule has 12 nitrogen and oxygen atoms in total. The van der Waals surface area contributed by atoms with Gasteiger partial charge in [-0.2, -0.15) is 0 Å². The van der Waals surface area contributed by atoms with Crippen molar-refractivity contribution in [2.45, 2.75) is 30.9 Å². The van der Waals surface area contributed by atoms with Gasteiger partial charge in [0.05, 0.1) is 13.2 Å². The molecule has 2 aliphatic carbocycles. The van der Waals surface area contributed by atoms with E-state index in [1.807, 2.05) is 24.3 Å². The summed E-state index contributed by atoms with van der Waals surface area (Å²) in [5.41, 5.74) is 9.83. The molecule has 0 radical (unpaired) electrons. The maximum atomic E-state index is 13.3. The number of hydrogen-bond acceptors (Lipinski definition) is 7. The Bertz CT molecular complexity index is 1500. The Morgan fingerprint density at radius 3 is 2.18 bits per heavy atom. The van der Waals surface area contributed by atoms with Crippen LogP contribution in [0.3, 0.4) is 0 Å². The number of benzene rings is 3. The summed E-state index contributed by atoms with van der Waals surface area (Å²) < 4.78 is 5.54. The number of carbonyl (C=O) groups excluding carboxylic acids is 4. The van der Waals surface area contributed by atoms with E-state index in [0.717, 1.165) is 22.3 Å². The average Bonchev–Trinajstić information content (AvgIpc) is 3.64. The van der Waals surface area contributed by atoms with Crippen LogP contribution in [-0.4, -0.2) is 67.4 Å². The number of nitrogens with two attached hydrogens (primary N) is 1. The standard InChI is InChI=1S/C33H38N6O6/c34-31(43)36-14-13-22-17-33(22,30(42)38-23-11-9-21(19-40)10-12-23)39-29(41)18-35-15-16-37-32(44)45-20-28-26-7-3-1-5-24(26)25-6-2-4-8-27(25)28/h1-12,22,28,35,40H,13-20H2,(H,37,44)(H,38,42)(H,39,41)(H3,34,36,43). The lowest BCUT2D eigenvalue weighted by atomic mass is 9.98. The molecule has 3 aromatic rings. The van der Waals surface area contributed by atoms with Crippen molar-refractivity contribution in [3.05, 3.63) is 89.5 Å². The molecule has 2 atom stereocenters. The van der Waals surface area contributed by atoms with Crippen LogP contribution in [0.5, 0.6) is 0 Å². The minimum atomic E-state index is -1.13. The number of aliphatic hydroxyl groups excluding tert-OH is 1. The summed E-state index contributed by atoms with van der Waals surface area (Å²) in [6.07, 6.45) is 0.317. The van der Waals surface area contributed by atoms with Gasteiger partial charge in [0.1, 0.15) is 12.1 Å². The number of aliphatic hydroxyl groups is 1. The largest absolute Gasteiger partial charge is 0.449 e. The zero-order valence-corrected chi connectivity index (χ0v) is 24.8. The van der Waals surface area contributed by atoms with Crippen LogP contribution < -0.4 is 32.3 Å². The fourth-order valence-electron chi connectivity index (χ4n) is 5.87. The molecule has 0 heterocycles. The highest BCUT2D eigenvalue weighted by Crippen LogP contribution is 2.47. The Balaban J connectivity index is 1.05. The number of hydrogen-bond donors (Lipinski definition) is 7. The van der Waals surface area contributed by atoms with Crippen LogP contribution >= 0.6 is 0 Å². The lowest BCUT2D eigenvalue weighted by Gasteiger charge is -2.20. The van der Waals surface area contributed by atoms with Crippen LogP contribution in [-0.2, 0) is 20.9 Å². The lowest BCUT2D eigenvalue weighted by Crippen LogP contribution is -2.51. The monoisotopic (exact) mass is 614 g/mol. The molecule has 0 bridgehead atoms. The zero-order valence-electron chi connectivity index (χ0n) is 24.8. The number of alkyl carbamates (subject to hydrolysis) is 1. The first-order chi connectivity index (χ1) is 21.8. The maximum Gasteiger partial charge on any atom is 0.407 e. The van der Waals surface area contributed by atoms with Crippen molar-refractivity contribution in [2.75, 3.05) is 38.1 Å². The van der Waals surface area contributed by atoms with Gasteiger partial charge in [0.2, 0.25) is 11.8 Å². The highest BCUT2D eigenvalue weighted by atomic mass is 16.5. The van der Waals surface area contributed by atoms with Gasteiger partial charge in [0.25, 0.3) is 0 Å². The molecule has 0 spiro atoms. The molecule has 0 aliphatic heterocycles. The predicted molar refractivity (Wildman–Crippen MR) is 168 cm³/mol. The minimum Gasteiger partial charge on any atom is -0.449 e. The quantitative estimate of drug-likeness (QED) is 0.136. The van der Waals surface area contributed by atoms with Gasteiger partial charge >= 0.3 is 12.1 Å². The molecule has 1 saturated carbocycles. The Morgan fingerprint density at radius 2 is 1.53 bits per heavy atom. The molecule has 45 heavy (non-hydrogen) atoms. The summed E-state index contributed by atoms with van der Waals surface area (Å²) in [4.78, 5) is 49.6. The van der Waals surface area contributed by atoms with Gasteiger partial charge in [-0.15, -0.1) is 0 Å². The van der Waals surface area contributed by atoms with Crippen LogP contribution in [0.4, 0.5) is 15.3 Å². The molecular weight excluding hydrogens is 576 g/mol. The Morgan fingerprint density at radius 1 is 0.867 bits per heavy atom. The molecule has 236 valence electrons. The van der Waals surface area contributed by atoms with Crippen molar-refractivity contribution < 1.29 is 29.0 Å². The lowest BCUT2D eigenvalue weighted by molar-refractivity contribution is -0.127. The summed E-state index contributed by atoms with van der Waals surface area (Å²) in [5, 5.41) is 23.1. The second kappa shape index (κ2) is 14.2. The van der Waals surface area contributed by atoms with E-state index in [0.29, 0.717) is 30.6 Å². The number of amides is 5. The van der Waals surface area contributed by atoms with E-state index in [1.165, 1.54) is 0 Å². The van der Waals surface area contributed by atoms with E-state index in [1.54, 1.807) is 24.3 Å². The first-order valence-electron chi connectivity index (χ1n) is 15.0. The molecule has 0 aromatic heterocycles. The van der Waals surface area contributed by atoms with Crippen molar-refractivity contribution in [3.63, 3.8) is 0 Å². The summed E-state index contributed by atoms with van der Waals surface area (Å²) in [6, 6.07) is 22.3. The van der Waals surface area contributed by atoms with E-state index in [-0.39, 0.29) is 56.5 Å². The van der Waals surface area contributed by atoms with Crippen LogP contribution in [0, 0.1) is 5.92 Å². The van der Waals surface area contributed by atoms with Crippen molar-refractivity contribution >= 4 is 29.6 Å². The molecule has 5 rings (SSSR count). The fraction of sp³-hybridized carbons (Fsp3) is 0.333. The first kappa shape index (κ1) is 31.5. The molecule has 2 aliphatic rings. The van der Waals surface area contributed by atoms with Gasteiger partial charge in [-0.05, 0) is 58.7 Å². The average molecular weight is 615 g/mol. The SMILES string of the molecule is NC(=O)NCCC1CC1(NC(=O)CNCCNC(=O)OCC1c2ccccc2-c2ccccc21)C(=O)Nc1ccc(CO)cc1. The molecule has 12 heteroatoms. The zero-order chi connectivity index (χ0) is 31.8. The third-order valence-corrected chi connectivity index (χ3v) is 8.26. The fourth-order valence-corrected chi connectivity index (χ4v) is 5.87. The van der Waals surface area contributed by atoms with Crippen LogP contribution in [0.15, 0.2) is 72.8 Å². The number of carbonyl (C=O) groups is 4. The number of primary amides is 1. The molecule has 2 unspecified atom stereocenters. The Labute approximate surface area is 261 Å². The van der Waals surface area contributed by atoms with Gasteiger partial charge < -0.3 is 42.2 Å². The normalized spacial score (nSPS) is 17.8. The van der Waals surface area contributed by atoms with Gasteiger partial charge in [-0.25, -0.2) is 9.59 Å². The van der Waals surface area contributed by atoms with Crippen molar-refractivity contribution in [2.24, 2.45) is 11.7 Å². The smallest absolute Gasteiger partial charge is 0.407 e. The number of nitrogens with one attached hydrogen (secondary N) is 5. The maximum absolute atomic E-state index is 13.3. The van der Waals surface area contributed by atoms with Gasteiger partial charge in [-0.1, -0.05) is 60.7 Å². The first-order valence-corrected chi connectivity index (χ1v) is 15.0. The molecule has 3 aromatic carbocycles. The summed E-state index contributed by atoms with van der Waals surface area (Å²) in [5.74, 6) is -0.978. The molecule has 0 saturated heterocycles. The van der Waals surface area contributed by atoms with E-state index in [2.05, 4.69) is 50.8 Å². The number of fused-ring (bicyclic) bond motifs is 3. The molecule has 8 N–H and O–H groups in total. The molecule has 1 fully saturated rings. The predicted octanol–water partition coefficient (Wildman–Crippen LogP) is 2.18. The highest BCUT2D eigenvalue weighted by Gasteiger charge is 2.60. The van der Waals surface area contributed by atoms with Crippen LogP contribution in [0.1, 0.15) is 35.4 Å². The third-order valence-electron chi connectivity index (χ3n) is 8.26. The minimum absolute atomic E-state index is 0.0350.